The highest BCUT2D eigenvalue weighted by atomic mass is 79.9. The number of nitrogens with one attached hydrogen (secondary N) is 1. The van der Waals surface area contributed by atoms with E-state index in [9.17, 15) is 4.39 Å². The van der Waals surface area contributed by atoms with Crippen LogP contribution in [-0.2, 0) is 4.74 Å². The molecular formula is C12H16BrFN2O. The summed E-state index contributed by atoms with van der Waals surface area (Å²) in [7, 11) is 2.06. The van der Waals surface area contributed by atoms with Gasteiger partial charge >= 0.3 is 0 Å². The summed E-state index contributed by atoms with van der Waals surface area (Å²) in [6.45, 7) is 3.18. The summed E-state index contributed by atoms with van der Waals surface area (Å²) in [5, 5.41) is 3.10. The minimum Gasteiger partial charge on any atom is -0.379 e. The molecular weight excluding hydrogens is 287 g/mol. The molecule has 0 aliphatic carbocycles. The minimum absolute atomic E-state index is 0.111. The molecule has 0 radical (unpaired) electrons. The first-order chi connectivity index (χ1) is 8.16. The lowest BCUT2D eigenvalue weighted by Crippen LogP contribution is -2.43. The van der Waals surface area contributed by atoms with Crippen LogP contribution in [-0.4, -0.2) is 44.3 Å². The lowest BCUT2D eigenvalue weighted by Gasteiger charge is -2.30. The molecule has 1 fully saturated rings. The maximum Gasteiger partial charge on any atom is 0.147 e. The number of anilines is 1. The second kappa shape index (κ2) is 5.80. The van der Waals surface area contributed by atoms with Crippen LogP contribution in [0.3, 0.4) is 0 Å². The molecule has 3 nitrogen and oxygen atoms in total. The van der Waals surface area contributed by atoms with Gasteiger partial charge < -0.3 is 15.0 Å². The molecule has 2 rings (SSSR count). The lowest BCUT2D eigenvalue weighted by atomic mass is 10.2. The zero-order valence-electron chi connectivity index (χ0n) is 9.75. The summed E-state index contributed by atoms with van der Waals surface area (Å²) in [5.41, 5.74) is 0.504. The fraction of sp³-hybridized carbons (Fsp3) is 0.500. The Bertz CT molecular complexity index is 369. The Labute approximate surface area is 109 Å². The van der Waals surface area contributed by atoms with Gasteiger partial charge in [-0.2, -0.15) is 0 Å². The number of nitrogens with zero attached hydrogens (tertiary/aromatic N) is 1. The van der Waals surface area contributed by atoms with Crippen molar-refractivity contribution in [1.82, 2.24) is 4.90 Å². The van der Waals surface area contributed by atoms with Crippen molar-refractivity contribution < 1.29 is 9.13 Å². The average Bonchev–Trinajstić information content (AvgIpc) is 2.28. The Morgan fingerprint density at radius 3 is 3.12 bits per heavy atom. The molecule has 0 amide bonds. The van der Waals surface area contributed by atoms with Gasteiger partial charge in [-0.1, -0.05) is 6.07 Å². The van der Waals surface area contributed by atoms with Crippen molar-refractivity contribution >= 4 is 21.6 Å². The third kappa shape index (κ3) is 3.40. The number of rotatable bonds is 3. The summed E-state index contributed by atoms with van der Waals surface area (Å²) in [6, 6.07) is 4.94. The van der Waals surface area contributed by atoms with E-state index < -0.39 is 0 Å². The Morgan fingerprint density at radius 1 is 1.59 bits per heavy atom. The average molecular weight is 303 g/mol. The van der Waals surface area contributed by atoms with Gasteiger partial charge in [0.2, 0.25) is 0 Å². The van der Waals surface area contributed by atoms with Crippen LogP contribution in [0, 0.1) is 5.82 Å². The molecule has 0 bridgehead atoms. The van der Waals surface area contributed by atoms with Gasteiger partial charge in [0.05, 0.1) is 18.4 Å². The predicted octanol–water partition coefficient (Wildman–Crippen LogP) is 2.33. The molecule has 1 atom stereocenters. The van der Waals surface area contributed by atoms with E-state index in [2.05, 4.69) is 33.2 Å². The van der Waals surface area contributed by atoms with Crippen LogP contribution in [0.1, 0.15) is 0 Å². The van der Waals surface area contributed by atoms with Crippen LogP contribution in [0.4, 0.5) is 10.1 Å². The van der Waals surface area contributed by atoms with Crippen molar-refractivity contribution in [2.75, 3.05) is 38.6 Å². The fourth-order valence-electron chi connectivity index (χ4n) is 1.87. The number of hydrogen-bond donors (Lipinski definition) is 1. The fourth-order valence-corrected chi connectivity index (χ4v) is 2.36. The first-order valence-electron chi connectivity index (χ1n) is 5.65. The zero-order valence-corrected chi connectivity index (χ0v) is 11.3. The molecule has 1 aromatic carbocycles. The van der Waals surface area contributed by atoms with Gasteiger partial charge in [-0.15, -0.1) is 0 Å². The van der Waals surface area contributed by atoms with Crippen molar-refractivity contribution in [3.8, 4) is 0 Å². The molecule has 1 saturated heterocycles. The third-order valence-electron chi connectivity index (χ3n) is 2.81. The van der Waals surface area contributed by atoms with E-state index in [-0.39, 0.29) is 11.9 Å². The monoisotopic (exact) mass is 302 g/mol. The second-order valence-electron chi connectivity index (χ2n) is 4.23. The van der Waals surface area contributed by atoms with Crippen LogP contribution in [0.15, 0.2) is 22.7 Å². The van der Waals surface area contributed by atoms with Crippen molar-refractivity contribution in [2.24, 2.45) is 0 Å². The number of ether oxygens (including phenoxy) is 1. The van der Waals surface area contributed by atoms with Gasteiger partial charge in [-0.05, 0) is 35.1 Å². The summed E-state index contributed by atoms with van der Waals surface area (Å²) < 4.78 is 19.9. The maximum atomic E-state index is 13.5. The molecule has 1 aromatic rings. The highest BCUT2D eigenvalue weighted by Crippen LogP contribution is 2.25. The van der Waals surface area contributed by atoms with Gasteiger partial charge in [-0.3, -0.25) is 0 Å². The second-order valence-corrected chi connectivity index (χ2v) is 5.09. The topological polar surface area (TPSA) is 24.5 Å². The first-order valence-corrected chi connectivity index (χ1v) is 6.44. The minimum atomic E-state index is -0.247. The predicted molar refractivity (Wildman–Crippen MR) is 69.8 cm³/mol. The highest BCUT2D eigenvalue weighted by Gasteiger charge is 2.18. The molecule has 94 valence electrons. The van der Waals surface area contributed by atoms with Gasteiger partial charge in [0, 0.05) is 24.1 Å². The van der Waals surface area contributed by atoms with Crippen molar-refractivity contribution in [2.45, 2.75) is 6.10 Å². The molecule has 0 spiro atoms. The Balaban J connectivity index is 1.93. The van der Waals surface area contributed by atoms with Gasteiger partial charge in [0.15, 0.2) is 0 Å². The molecule has 1 unspecified atom stereocenters. The Hall–Kier alpha value is -0.650. The SMILES string of the molecule is CN1CCOC(CNc2c(F)cccc2Br)C1. The number of halogens is 2. The van der Waals surface area contributed by atoms with Crippen LogP contribution in [0.25, 0.3) is 0 Å². The quantitative estimate of drug-likeness (QED) is 0.927. The number of benzene rings is 1. The van der Waals surface area contributed by atoms with E-state index >= 15 is 0 Å². The molecule has 0 aromatic heterocycles. The third-order valence-corrected chi connectivity index (χ3v) is 3.47. The van der Waals surface area contributed by atoms with E-state index in [4.69, 9.17) is 4.74 Å². The standard InChI is InChI=1S/C12H16BrFN2O/c1-16-5-6-17-9(8-16)7-15-12-10(13)3-2-4-11(12)14/h2-4,9,15H,5-8H2,1H3. The first kappa shape index (κ1) is 12.8. The van der Waals surface area contributed by atoms with E-state index in [1.54, 1.807) is 6.07 Å². The van der Waals surface area contributed by atoms with Crippen molar-refractivity contribution in [1.29, 1.82) is 0 Å². The van der Waals surface area contributed by atoms with E-state index in [1.807, 2.05) is 6.07 Å². The number of hydrogen-bond acceptors (Lipinski definition) is 3. The Kier molecular flexibility index (Phi) is 4.36. The molecule has 17 heavy (non-hydrogen) atoms. The van der Waals surface area contributed by atoms with E-state index in [0.29, 0.717) is 12.2 Å². The maximum absolute atomic E-state index is 13.5. The molecule has 1 N–H and O–H groups in total. The van der Waals surface area contributed by atoms with Crippen LogP contribution < -0.4 is 5.32 Å². The number of morpholine rings is 1. The smallest absolute Gasteiger partial charge is 0.147 e. The Morgan fingerprint density at radius 2 is 2.41 bits per heavy atom. The summed E-state index contributed by atoms with van der Waals surface area (Å²) in [4.78, 5) is 2.21. The van der Waals surface area contributed by atoms with Crippen LogP contribution in [0.2, 0.25) is 0 Å². The lowest BCUT2D eigenvalue weighted by molar-refractivity contribution is -0.0117. The summed E-state index contributed by atoms with van der Waals surface area (Å²) in [5.74, 6) is -0.247. The largest absolute Gasteiger partial charge is 0.379 e. The van der Waals surface area contributed by atoms with E-state index in [1.165, 1.54) is 6.07 Å². The van der Waals surface area contributed by atoms with E-state index in [0.717, 1.165) is 24.2 Å². The highest BCUT2D eigenvalue weighted by molar-refractivity contribution is 9.10. The summed E-state index contributed by atoms with van der Waals surface area (Å²) in [6.07, 6.45) is 0.111. The number of para-hydroxylation sites is 1. The zero-order chi connectivity index (χ0) is 12.3. The van der Waals surface area contributed by atoms with Crippen LogP contribution >= 0.6 is 15.9 Å². The van der Waals surface area contributed by atoms with Crippen LogP contribution in [0.5, 0.6) is 0 Å². The summed E-state index contributed by atoms with van der Waals surface area (Å²) >= 11 is 3.33. The van der Waals surface area contributed by atoms with Crippen molar-refractivity contribution in [3.05, 3.63) is 28.5 Å². The number of likely N-dealkylation sites (N-methyl/N-ethyl adjacent to an activating group) is 1. The van der Waals surface area contributed by atoms with Gasteiger partial charge in [0.25, 0.3) is 0 Å². The molecule has 5 heteroatoms. The molecule has 1 aliphatic rings. The molecule has 1 aliphatic heterocycles. The van der Waals surface area contributed by atoms with Gasteiger partial charge in [0.1, 0.15) is 5.82 Å². The normalized spacial score (nSPS) is 21.5. The van der Waals surface area contributed by atoms with Crippen molar-refractivity contribution in [3.63, 3.8) is 0 Å². The molecule has 1 heterocycles. The molecule has 0 saturated carbocycles. The van der Waals surface area contributed by atoms with Gasteiger partial charge in [-0.25, -0.2) is 4.39 Å².